The number of benzene rings is 1. The number of aryl methyl sites for hydroxylation is 1. The third-order valence-electron chi connectivity index (χ3n) is 2.83. The van der Waals surface area contributed by atoms with Crippen molar-refractivity contribution in [2.45, 2.75) is 13.5 Å². The Balaban J connectivity index is 2.45. The van der Waals surface area contributed by atoms with Crippen LogP contribution in [0, 0.1) is 33.4 Å². The lowest BCUT2D eigenvalue weighted by Gasteiger charge is -2.07. The summed E-state index contributed by atoms with van der Waals surface area (Å²) in [6.07, 6.45) is 0.938. The zero-order chi connectivity index (χ0) is 17.3. The van der Waals surface area contributed by atoms with Crippen LogP contribution < -0.4 is 5.32 Å². The molecule has 0 saturated heterocycles. The van der Waals surface area contributed by atoms with Gasteiger partial charge in [0.25, 0.3) is 5.91 Å². The van der Waals surface area contributed by atoms with Gasteiger partial charge in [0.2, 0.25) is 5.69 Å². The topological polar surface area (TPSA) is 90.1 Å². The van der Waals surface area contributed by atoms with Gasteiger partial charge in [0.15, 0.2) is 23.3 Å². The van der Waals surface area contributed by atoms with Crippen LogP contribution in [0.2, 0.25) is 0 Å². The van der Waals surface area contributed by atoms with Gasteiger partial charge in [0.1, 0.15) is 11.9 Å². The van der Waals surface area contributed by atoms with Crippen molar-refractivity contribution >= 4 is 17.3 Å². The minimum absolute atomic E-state index is 0.0332. The molecule has 0 bridgehead atoms. The molecule has 1 N–H and O–H groups in total. The maximum Gasteiger partial charge on any atom is 0.320 e. The summed E-state index contributed by atoms with van der Waals surface area (Å²) in [5.41, 5.74) is -2.87. The Morgan fingerprint density at radius 2 is 1.87 bits per heavy atom. The summed E-state index contributed by atoms with van der Waals surface area (Å²) in [5, 5.41) is 16.0. The van der Waals surface area contributed by atoms with Crippen molar-refractivity contribution in [2.75, 3.05) is 5.32 Å². The van der Waals surface area contributed by atoms with Gasteiger partial charge < -0.3 is 5.32 Å². The number of amides is 1. The molecule has 7 nitrogen and oxygen atoms in total. The van der Waals surface area contributed by atoms with Crippen LogP contribution in [0.1, 0.15) is 17.4 Å². The van der Waals surface area contributed by atoms with Crippen molar-refractivity contribution in [1.82, 2.24) is 9.78 Å². The highest BCUT2D eigenvalue weighted by Gasteiger charge is 2.28. The van der Waals surface area contributed by atoms with Gasteiger partial charge in [-0.2, -0.15) is 5.10 Å². The van der Waals surface area contributed by atoms with Gasteiger partial charge in [-0.25, -0.2) is 17.6 Å². The lowest BCUT2D eigenvalue weighted by Crippen LogP contribution is -2.18. The fourth-order valence-corrected chi connectivity index (χ4v) is 1.72. The zero-order valence-corrected chi connectivity index (χ0v) is 11.4. The SMILES string of the molecule is CCn1cc([N+](=O)[O-])c(C(=O)Nc2c(F)c(F)cc(F)c2F)n1. The highest BCUT2D eigenvalue weighted by molar-refractivity contribution is 6.05. The summed E-state index contributed by atoms with van der Waals surface area (Å²) in [6.45, 7) is 1.77. The van der Waals surface area contributed by atoms with Gasteiger partial charge in [-0.05, 0) is 6.92 Å². The molecule has 0 aliphatic carbocycles. The van der Waals surface area contributed by atoms with Gasteiger partial charge in [0.05, 0.1) is 4.92 Å². The Kier molecular flexibility index (Phi) is 4.29. The maximum absolute atomic E-state index is 13.5. The molecule has 0 fully saturated rings. The second-order valence-electron chi connectivity index (χ2n) is 4.27. The number of nitrogens with one attached hydrogen (secondary N) is 1. The highest BCUT2D eigenvalue weighted by atomic mass is 19.2. The van der Waals surface area contributed by atoms with Crippen molar-refractivity contribution < 1.29 is 27.3 Å². The lowest BCUT2D eigenvalue weighted by atomic mass is 10.2. The minimum atomic E-state index is -1.84. The van der Waals surface area contributed by atoms with E-state index in [1.165, 1.54) is 0 Å². The maximum atomic E-state index is 13.5. The molecule has 23 heavy (non-hydrogen) atoms. The first kappa shape index (κ1) is 16.4. The van der Waals surface area contributed by atoms with Crippen molar-refractivity contribution in [1.29, 1.82) is 0 Å². The number of halogens is 4. The van der Waals surface area contributed by atoms with Crippen LogP contribution in [0.15, 0.2) is 12.3 Å². The third-order valence-corrected chi connectivity index (χ3v) is 2.83. The Bertz CT molecular complexity index is 780. The second-order valence-corrected chi connectivity index (χ2v) is 4.27. The first-order chi connectivity index (χ1) is 10.8. The molecule has 1 aromatic heterocycles. The molecule has 1 heterocycles. The number of anilines is 1. The number of hydrogen-bond donors (Lipinski definition) is 1. The van der Waals surface area contributed by atoms with Crippen LogP contribution in [-0.4, -0.2) is 20.6 Å². The average Bonchev–Trinajstić information content (AvgIpc) is 2.94. The third kappa shape index (κ3) is 2.98. The molecular weight excluding hydrogens is 324 g/mol. The number of aromatic nitrogens is 2. The fourth-order valence-electron chi connectivity index (χ4n) is 1.72. The van der Waals surface area contributed by atoms with E-state index in [4.69, 9.17) is 0 Å². The Morgan fingerprint density at radius 1 is 1.30 bits per heavy atom. The molecule has 1 aromatic carbocycles. The zero-order valence-electron chi connectivity index (χ0n) is 11.4. The van der Waals surface area contributed by atoms with Gasteiger partial charge >= 0.3 is 5.69 Å². The molecular formula is C12H8F4N4O3. The van der Waals surface area contributed by atoms with E-state index in [0.29, 0.717) is 0 Å². The predicted octanol–water partition coefficient (Wildman–Crippen LogP) is 2.62. The number of hydrogen-bond acceptors (Lipinski definition) is 4. The van der Waals surface area contributed by atoms with E-state index in [2.05, 4.69) is 5.10 Å². The largest absolute Gasteiger partial charge is 0.320 e. The van der Waals surface area contributed by atoms with Crippen LogP contribution in [-0.2, 0) is 6.54 Å². The number of nitrogens with zero attached hydrogens (tertiary/aromatic N) is 3. The number of carbonyl (C=O) groups is 1. The van der Waals surface area contributed by atoms with Gasteiger partial charge in [-0.1, -0.05) is 0 Å². The molecule has 0 spiro atoms. The molecule has 1 amide bonds. The number of rotatable bonds is 4. The van der Waals surface area contributed by atoms with E-state index in [-0.39, 0.29) is 12.6 Å². The fraction of sp³-hybridized carbons (Fsp3) is 0.167. The molecule has 0 radical (unpaired) electrons. The molecule has 122 valence electrons. The summed E-state index contributed by atoms with van der Waals surface area (Å²) in [7, 11) is 0. The molecule has 0 unspecified atom stereocenters. The van der Waals surface area contributed by atoms with Crippen molar-refractivity contribution in [2.24, 2.45) is 0 Å². The highest BCUT2D eigenvalue weighted by Crippen LogP contribution is 2.26. The van der Waals surface area contributed by atoms with Crippen LogP contribution >= 0.6 is 0 Å². The van der Waals surface area contributed by atoms with E-state index in [9.17, 15) is 32.5 Å². The predicted molar refractivity (Wildman–Crippen MR) is 68.8 cm³/mol. The van der Waals surface area contributed by atoms with E-state index in [1.54, 1.807) is 12.2 Å². The van der Waals surface area contributed by atoms with Gasteiger partial charge in [-0.15, -0.1) is 0 Å². The van der Waals surface area contributed by atoms with Crippen LogP contribution in [0.5, 0.6) is 0 Å². The number of nitro groups is 1. The van der Waals surface area contributed by atoms with E-state index < -0.39 is 51.2 Å². The van der Waals surface area contributed by atoms with Gasteiger partial charge in [0, 0.05) is 12.6 Å². The molecule has 0 aliphatic heterocycles. The smallest absolute Gasteiger partial charge is 0.315 e. The van der Waals surface area contributed by atoms with E-state index in [0.717, 1.165) is 10.9 Å². The summed E-state index contributed by atoms with van der Waals surface area (Å²) in [5.74, 6) is -8.52. The first-order valence-electron chi connectivity index (χ1n) is 6.12. The van der Waals surface area contributed by atoms with Crippen LogP contribution in [0.25, 0.3) is 0 Å². The molecule has 11 heteroatoms. The van der Waals surface area contributed by atoms with Crippen molar-refractivity contribution in [3.05, 3.63) is 51.3 Å². The van der Waals surface area contributed by atoms with Crippen LogP contribution in [0.4, 0.5) is 28.9 Å². The normalized spacial score (nSPS) is 10.7. The van der Waals surface area contributed by atoms with E-state index in [1.807, 2.05) is 0 Å². The minimum Gasteiger partial charge on any atom is -0.315 e. The second kappa shape index (κ2) is 6.02. The first-order valence-corrected chi connectivity index (χ1v) is 6.12. The Hall–Kier alpha value is -2.98. The monoisotopic (exact) mass is 332 g/mol. The van der Waals surface area contributed by atoms with Gasteiger partial charge in [-0.3, -0.25) is 19.6 Å². The summed E-state index contributed by atoms with van der Waals surface area (Å²) in [4.78, 5) is 21.9. The summed E-state index contributed by atoms with van der Waals surface area (Å²) >= 11 is 0. The molecule has 2 rings (SSSR count). The summed E-state index contributed by atoms with van der Waals surface area (Å²) < 4.78 is 54.2. The summed E-state index contributed by atoms with van der Waals surface area (Å²) in [6, 6.07) is -0.0332. The standard InChI is InChI=1S/C12H8F4N4O3/c1-2-19-4-7(20(22)23)10(18-19)12(21)17-11-8(15)5(13)3-6(14)9(11)16/h3-4H,2H2,1H3,(H,17,21). The molecule has 0 aliphatic rings. The van der Waals surface area contributed by atoms with Crippen molar-refractivity contribution in [3.63, 3.8) is 0 Å². The van der Waals surface area contributed by atoms with Crippen LogP contribution in [0.3, 0.4) is 0 Å². The quantitative estimate of drug-likeness (QED) is 0.403. The average molecular weight is 332 g/mol. The Labute approximate surface area is 125 Å². The lowest BCUT2D eigenvalue weighted by molar-refractivity contribution is -0.385. The van der Waals surface area contributed by atoms with E-state index >= 15 is 0 Å². The molecule has 2 aromatic rings. The molecule has 0 atom stereocenters. The Morgan fingerprint density at radius 3 is 2.35 bits per heavy atom. The van der Waals surface area contributed by atoms with Crippen molar-refractivity contribution in [3.8, 4) is 0 Å². The molecule has 0 saturated carbocycles. The number of carbonyl (C=O) groups excluding carboxylic acids is 1.